The first kappa shape index (κ1) is 25.6. The van der Waals surface area contributed by atoms with Crippen LogP contribution in [0.15, 0.2) is 24.3 Å². The molecular formula is C29H48O3. The van der Waals surface area contributed by atoms with Gasteiger partial charge in [-0.25, -0.2) is 0 Å². The molecule has 3 rings (SSSR count). The second-order valence-corrected chi connectivity index (χ2v) is 10.2. The Morgan fingerprint density at radius 1 is 0.719 bits per heavy atom. The highest BCUT2D eigenvalue weighted by Gasteiger charge is 2.32. The molecule has 3 heteroatoms. The predicted molar refractivity (Wildman–Crippen MR) is 133 cm³/mol. The minimum atomic E-state index is -0.218. The summed E-state index contributed by atoms with van der Waals surface area (Å²) in [5.41, 5.74) is 1.11. The predicted octanol–water partition coefficient (Wildman–Crippen LogP) is 8.47. The molecule has 182 valence electrons. The normalized spacial score (nSPS) is 26.2. The lowest BCUT2D eigenvalue weighted by molar-refractivity contribution is -0.214. The van der Waals surface area contributed by atoms with Crippen molar-refractivity contribution in [1.82, 2.24) is 0 Å². The first-order valence-corrected chi connectivity index (χ1v) is 13.8. The van der Waals surface area contributed by atoms with E-state index in [9.17, 15) is 0 Å². The summed E-state index contributed by atoms with van der Waals surface area (Å²) in [7, 11) is 0. The lowest BCUT2D eigenvalue weighted by atomic mass is 9.75. The summed E-state index contributed by atoms with van der Waals surface area (Å²) in [6.45, 7) is 7.07. The average Bonchev–Trinajstić information content (AvgIpc) is 2.84. The van der Waals surface area contributed by atoms with Crippen molar-refractivity contribution in [2.75, 3.05) is 19.8 Å². The molecule has 1 saturated carbocycles. The Labute approximate surface area is 197 Å². The molecule has 3 nitrogen and oxygen atoms in total. The van der Waals surface area contributed by atoms with E-state index in [-0.39, 0.29) is 6.29 Å². The highest BCUT2D eigenvalue weighted by Crippen LogP contribution is 2.38. The fourth-order valence-corrected chi connectivity index (χ4v) is 5.49. The number of rotatable bonds is 14. The first-order valence-electron chi connectivity index (χ1n) is 13.8. The zero-order valence-electron chi connectivity index (χ0n) is 20.9. The third kappa shape index (κ3) is 8.71. The maximum Gasteiger partial charge on any atom is 0.183 e. The molecule has 0 radical (unpaired) electrons. The molecule has 0 unspecified atom stereocenters. The van der Waals surface area contributed by atoms with Crippen LogP contribution in [0, 0.1) is 17.8 Å². The van der Waals surface area contributed by atoms with Gasteiger partial charge in [0, 0.05) is 11.5 Å². The molecule has 0 N–H and O–H groups in total. The van der Waals surface area contributed by atoms with Crippen LogP contribution in [-0.4, -0.2) is 19.8 Å². The van der Waals surface area contributed by atoms with Gasteiger partial charge in [0.1, 0.15) is 5.75 Å². The molecule has 1 aromatic rings. The van der Waals surface area contributed by atoms with Gasteiger partial charge in [-0.05, 0) is 43.2 Å². The van der Waals surface area contributed by atoms with E-state index < -0.39 is 0 Å². The fourth-order valence-electron chi connectivity index (χ4n) is 5.49. The Bertz CT molecular complexity index is 583. The third-order valence-electron chi connectivity index (χ3n) is 7.60. The van der Waals surface area contributed by atoms with E-state index in [0.29, 0.717) is 5.92 Å². The van der Waals surface area contributed by atoms with Gasteiger partial charge in [0.15, 0.2) is 6.29 Å². The van der Waals surface area contributed by atoms with E-state index >= 15 is 0 Å². The number of benzene rings is 1. The molecule has 1 saturated heterocycles. The van der Waals surface area contributed by atoms with Gasteiger partial charge in [0.2, 0.25) is 0 Å². The minimum Gasteiger partial charge on any atom is -0.494 e. The number of hydrogen-bond acceptors (Lipinski definition) is 3. The van der Waals surface area contributed by atoms with Crippen molar-refractivity contribution in [3.05, 3.63) is 29.8 Å². The molecule has 32 heavy (non-hydrogen) atoms. The molecule has 0 aromatic heterocycles. The van der Waals surface area contributed by atoms with Crippen LogP contribution in [0.1, 0.15) is 116 Å². The Morgan fingerprint density at radius 2 is 1.34 bits per heavy atom. The number of ether oxygens (including phenoxy) is 3. The summed E-state index contributed by atoms with van der Waals surface area (Å²) in [4.78, 5) is 0. The van der Waals surface area contributed by atoms with Crippen molar-refractivity contribution in [2.24, 2.45) is 17.8 Å². The standard InChI is InChI=1S/C29H48O3/c1-3-5-6-7-8-9-10-11-21-30-28-19-17-26(18-20-28)29-31-22-27(23-32-29)25-15-13-24(12-4-2)14-16-25/h17-20,24-25,27,29H,3-16,21-23H2,1-2H3. The molecule has 1 heterocycles. The van der Waals surface area contributed by atoms with Crippen LogP contribution < -0.4 is 4.74 Å². The van der Waals surface area contributed by atoms with Crippen molar-refractivity contribution in [3.8, 4) is 5.75 Å². The molecular weight excluding hydrogens is 396 g/mol. The first-order chi connectivity index (χ1) is 15.8. The Kier molecular flexibility index (Phi) is 12.0. The maximum absolute atomic E-state index is 6.14. The van der Waals surface area contributed by atoms with E-state index in [2.05, 4.69) is 38.1 Å². The Balaban J connectivity index is 1.28. The molecule has 0 amide bonds. The van der Waals surface area contributed by atoms with Crippen LogP contribution in [0.5, 0.6) is 5.75 Å². The smallest absolute Gasteiger partial charge is 0.183 e. The molecule has 0 atom stereocenters. The zero-order valence-corrected chi connectivity index (χ0v) is 20.9. The molecule has 1 aromatic carbocycles. The Morgan fingerprint density at radius 3 is 1.97 bits per heavy atom. The lowest BCUT2D eigenvalue weighted by Crippen LogP contribution is -2.34. The van der Waals surface area contributed by atoms with Gasteiger partial charge in [0.05, 0.1) is 19.8 Å². The van der Waals surface area contributed by atoms with Gasteiger partial charge in [-0.2, -0.15) is 0 Å². The summed E-state index contributed by atoms with van der Waals surface area (Å²) in [6, 6.07) is 8.33. The highest BCUT2D eigenvalue weighted by molar-refractivity contribution is 5.28. The van der Waals surface area contributed by atoms with Crippen molar-refractivity contribution in [3.63, 3.8) is 0 Å². The van der Waals surface area contributed by atoms with Gasteiger partial charge in [-0.15, -0.1) is 0 Å². The molecule has 0 bridgehead atoms. The van der Waals surface area contributed by atoms with Crippen LogP contribution in [0.2, 0.25) is 0 Å². The second-order valence-electron chi connectivity index (χ2n) is 10.2. The van der Waals surface area contributed by atoms with Crippen molar-refractivity contribution in [2.45, 2.75) is 110 Å². The number of unbranched alkanes of at least 4 members (excludes halogenated alkanes) is 7. The quantitative estimate of drug-likeness (QED) is 0.269. The van der Waals surface area contributed by atoms with Gasteiger partial charge in [-0.3, -0.25) is 0 Å². The summed E-state index contributed by atoms with van der Waals surface area (Å²) < 4.78 is 18.2. The summed E-state index contributed by atoms with van der Waals surface area (Å²) >= 11 is 0. The largest absolute Gasteiger partial charge is 0.494 e. The van der Waals surface area contributed by atoms with Crippen molar-refractivity contribution in [1.29, 1.82) is 0 Å². The fraction of sp³-hybridized carbons (Fsp3) is 0.793. The molecule has 0 spiro atoms. The Hall–Kier alpha value is -1.06. The molecule has 2 aliphatic rings. The van der Waals surface area contributed by atoms with Gasteiger partial charge in [0.25, 0.3) is 0 Å². The van der Waals surface area contributed by atoms with Gasteiger partial charge >= 0.3 is 0 Å². The van der Waals surface area contributed by atoms with Crippen LogP contribution >= 0.6 is 0 Å². The van der Waals surface area contributed by atoms with E-state index in [4.69, 9.17) is 14.2 Å². The maximum atomic E-state index is 6.14. The van der Waals surface area contributed by atoms with Gasteiger partial charge < -0.3 is 14.2 Å². The van der Waals surface area contributed by atoms with E-state index in [1.165, 1.54) is 83.5 Å². The van der Waals surface area contributed by atoms with Gasteiger partial charge in [-0.1, -0.05) is 96.6 Å². The van der Waals surface area contributed by atoms with E-state index in [1.54, 1.807) is 0 Å². The van der Waals surface area contributed by atoms with Crippen molar-refractivity contribution < 1.29 is 14.2 Å². The molecule has 1 aliphatic heterocycles. The van der Waals surface area contributed by atoms with Crippen LogP contribution in [0.25, 0.3) is 0 Å². The van der Waals surface area contributed by atoms with Crippen LogP contribution in [-0.2, 0) is 9.47 Å². The monoisotopic (exact) mass is 444 g/mol. The second kappa shape index (κ2) is 15.0. The SMILES string of the molecule is CCCCCCCCCCOc1ccc(C2OCC(C3CCC(CCC)CC3)CO2)cc1. The zero-order chi connectivity index (χ0) is 22.4. The molecule has 1 aliphatic carbocycles. The summed E-state index contributed by atoms with van der Waals surface area (Å²) in [5.74, 6) is 3.28. The summed E-state index contributed by atoms with van der Waals surface area (Å²) in [6.07, 6.45) is 18.7. The lowest BCUT2D eigenvalue weighted by Gasteiger charge is -2.37. The topological polar surface area (TPSA) is 27.7 Å². The van der Waals surface area contributed by atoms with Crippen LogP contribution in [0.3, 0.4) is 0 Å². The molecule has 2 fully saturated rings. The highest BCUT2D eigenvalue weighted by atomic mass is 16.7. The van der Waals surface area contributed by atoms with E-state index in [0.717, 1.165) is 49.4 Å². The minimum absolute atomic E-state index is 0.218. The third-order valence-corrected chi connectivity index (χ3v) is 7.60. The van der Waals surface area contributed by atoms with Crippen LogP contribution in [0.4, 0.5) is 0 Å². The number of hydrogen-bond donors (Lipinski definition) is 0. The van der Waals surface area contributed by atoms with E-state index in [1.807, 2.05) is 0 Å². The van der Waals surface area contributed by atoms with Crippen molar-refractivity contribution >= 4 is 0 Å². The summed E-state index contributed by atoms with van der Waals surface area (Å²) in [5, 5.41) is 0. The average molecular weight is 445 g/mol.